The van der Waals surface area contributed by atoms with E-state index in [-0.39, 0.29) is 11.5 Å². The molecule has 3 rings (SSSR count). The summed E-state index contributed by atoms with van der Waals surface area (Å²) in [5.74, 6) is 0.407. The quantitative estimate of drug-likeness (QED) is 0.838. The molecule has 0 spiro atoms. The molecule has 1 amide bonds. The van der Waals surface area contributed by atoms with Crippen LogP contribution in [0.2, 0.25) is 0 Å². The number of carbonyl (C=O) groups is 1. The van der Waals surface area contributed by atoms with Crippen LogP contribution in [0, 0.1) is 5.92 Å². The molecule has 1 fully saturated rings. The smallest absolute Gasteiger partial charge is 0.274 e. The van der Waals surface area contributed by atoms with Crippen molar-refractivity contribution in [3.05, 3.63) is 58.3 Å². The SMILES string of the molecule is Cn1nc(C(=O)N(Cc2ccncc2)CC2CCCCC2)ccc1=O. The number of amides is 1. The fourth-order valence-electron chi connectivity index (χ4n) is 3.39. The molecule has 2 aromatic heterocycles. The number of hydrogen-bond acceptors (Lipinski definition) is 4. The molecular weight excluding hydrogens is 316 g/mol. The molecule has 0 bridgehead atoms. The lowest BCUT2D eigenvalue weighted by molar-refractivity contribution is 0.0690. The Labute approximate surface area is 147 Å². The largest absolute Gasteiger partial charge is 0.333 e. The summed E-state index contributed by atoms with van der Waals surface area (Å²) in [6.07, 6.45) is 9.57. The topological polar surface area (TPSA) is 68.1 Å². The van der Waals surface area contributed by atoms with Gasteiger partial charge < -0.3 is 4.90 Å². The van der Waals surface area contributed by atoms with E-state index in [0.29, 0.717) is 18.2 Å². The summed E-state index contributed by atoms with van der Waals surface area (Å²) in [6.45, 7) is 1.26. The minimum absolute atomic E-state index is 0.127. The minimum Gasteiger partial charge on any atom is -0.333 e. The maximum atomic E-state index is 13.0. The van der Waals surface area contributed by atoms with E-state index < -0.39 is 0 Å². The first-order valence-corrected chi connectivity index (χ1v) is 8.86. The molecule has 1 aliphatic rings. The van der Waals surface area contributed by atoms with E-state index in [2.05, 4.69) is 10.1 Å². The van der Waals surface area contributed by atoms with Gasteiger partial charge in [-0.3, -0.25) is 14.6 Å². The van der Waals surface area contributed by atoms with Gasteiger partial charge in [0.2, 0.25) is 0 Å². The second-order valence-electron chi connectivity index (χ2n) is 6.73. The number of aromatic nitrogens is 3. The zero-order chi connectivity index (χ0) is 17.6. The fraction of sp³-hybridized carbons (Fsp3) is 0.474. The van der Waals surface area contributed by atoms with Crippen LogP contribution in [0.25, 0.3) is 0 Å². The Hall–Kier alpha value is -2.50. The molecule has 0 saturated heterocycles. The third-order valence-corrected chi connectivity index (χ3v) is 4.79. The molecule has 1 saturated carbocycles. The van der Waals surface area contributed by atoms with Gasteiger partial charge in [-0.05, 0) is 42.5 Å². The molecular formula is C19H24N4O2. The number of pyridine rings is 1. The van der Waals surface area contributed by atoms with Gasteiger partial charge in [-0.15, -0.1) is 0 Å². The Balaban J connectivity index is 1.81. The van der Waals surface area contributed by atoms with Gasteiger partial charge in [0.05, 0.1) is 0 Å². The lowest BCUT2D eigenvalue weighted by atomic mass is 9.89. The van der Waals surface area contributed by atoms with Crippen molar-refractivity contribution in [2.75, 3.05) is 6.54 Å². The first-order chi connectivity index (χ1) is 12.1. The van der Waals surface area contributed by atoms with E-state index in [9.17, 15) is 9.59 Å². The molecule has 6 nitrogen and oxygen atoms in total. The van der Waals surface area contributed by atoms with Crippen LogP contribution in [0.15, 0.2) is 41.5 Å². The molecule has 0 atom stereocenters. The zero-order valence-corrected chi connectivity index (χ0v) is 14.6. The predicted molar refractivity (Wildman–Crippen MR) is 95.0 cm³/mol. The minimum atomic E-state index is -0.218. The first-order valence-electron chi connectivity index (χ1n) is 8.86. The van der Waals surface area contributed by atoms with Crippen LogP contribution in [-0.4, -0.2) is 32.1 Å². The summed E-state index contributed by atoms with van der Waals surface area (Å²) in [7, 11) is 1.56. The van der Waals surface area contributed by atoms with Gasteiger partial charge in [-0.1, -0.05) is 19.3 Å². The summed E-state index contributed by atoms with van der Waals surface area (Å²) in [4.78, 5) is 30.5. The van der Waals surface area contributed by atoms with Gasteiger partial charge in [0.1, 0.15) is 5.69 Å². The standard InChI is InChI=1S/C19H24N4O2/c1-22-18(24)8-7-17(21-22)19(25)23(13-15-5-3-2-4-6-15)14-16-9-11-20-12-10-16/h7-12,15H,2-6,13-14H2,1H3. The van der Waals surface area contributed by atoms with E-state index in [0.717, 1.165) is 12.1 Å². The lowest BCUT2D eigenvalue weighted by Crippen LogP contribution is -2.37. The summed E-state index contributed by atoms with van der Waals surface area (Å²) < 4.78 is 1.21. The van der Waals surface area contributed by atoms with Crippen LogP contribution in [-0.2, 0) is 13.6 Å². The van der Waals surface area contributed by atoms with Crippen molar-refractivity contribution in [1.82, 2.24) is 19.7 Å². The Morgan fingerprint density at radius 1 is 1.16 bits per heavy atom. The molecule has 2 heterocycles. The molecule has 6 heteroatoms. The monoisotopic (exact) mass is 340 g/mol. The summed E-state index contributed by atoms with van der Waals surface area (Å²) in [5.41, 5.74) is 1.14. The van der Waals surface area contributed by atoms with E-state index in [4.69, 9.17) is 0 Å². The van der Waals surface area contributed by atoms with Crippen LogP contribution in [0.1, 0.15) is 48.2 Å². The summed E-state index contributed by atoms with van der Waals surface area (Å²) in [6, 6.07) is 6.77. The van der Waals surface area contributed by atoms with Gasteiger partial charge in [0.25, 0.3) is 11.5 Å². The average molecular weight is 340 g/mol. The third kappa shape index (κ3) is 4.53. The Morgan fingerprint density at radius 2 is 1.88 bits per heavy atom. The average Bonchev–Trinajstić information content (AvgIpc) is 2.64. The zero-order valence-electron chi connectivity index (χ0n) is 14.6. The van der Waals surface area contributed by atoms with Crippen molar-refractivity contribution in [2.24, 2.45) is 13.0 Å². The summed E-state index contributed by atoms with van der Waals surface area (Å²) in [5, 5.41) is 4.13. The Bertz CT molecular complexity index is 766. The van der Waals surface area contributed by atoms with Crippen molar-refractivity contribution >= 4 is 5.91 Å². The van der Waals surface area contributed by atoms with E-state index >= 15 is 0 Å². The highest BCUT2D eigenvalue weighted by molar-refractivity contribution is 5.92. The lowest BCUT2D eigenvalue weighted by Gasteiger charge is -2.29. The molecule has 25 heavy (non-hydrogen) atoms. The number of aryl methyl sites for hydroxylation is 1. The molecule has 0 N–H and O–H groups in total. The molecule has 1 aliphatic carbocycles. The molecule has 132 valence electrons. The number of carbonyl (C=O) groups excluding carboxylic acids is 1. The highest BCUT2D eigenvalue weighted by atomic mass is 16.2. The van der Waals surface area contributed by atoms with Crippen LogP contribution >= 0.6 is 0 Å². The van der Waals surface area contributed by atoms with Crippen molar-refractivity contribution in [1.29, 1.82) is 0 Å². The molecule has 0 aromatic carbocycles. The van der Waals surface area contributed by atoms with Crippen molar-refractivity contribution in [3.8, 4) is 0 Å². The van der Waals surface area contributed by atoms with E-state index in [1.807, 2.05) is 17.0 Å². The molecule has 2 aromatic rings. The maximum Gasteiger partial charge on any atom is 0.274 e. The van der Waals surface area contributed by atoms with Crippen molar-refractivity contribution in [3.63, 3.8) is 0 Å². The molecule has 0 aliphatic heterocycles. The maximum absolute atomic E-state index is 13.0. The first kappa shape index (κ1) is 17.3. The highest BCUT2D eigenvalue weighted by Gasteiger charge is 2.23. The van der Waals surface area contributed by atoms with Gasteiger partial charge in [0.15, 0.2) is 0 Å². The number of nitrogens with zero attached hydrogens (tertiary/aromatic N) is 4. The van der Waals surface area contributed by atoms with Crippen molar-refractivity contribution in [2.45, 2.75) is 38.6 Å². The Morgan fingerprint density at radius 3 is 2.56 bits per heavy atom. The number of rotatable bonds is 5. The van der Waals surface area contributed by atoms with Crippen LogP contribution < -0.4 is 5.56 Å². The van der Waals surface area contributed by atoms with Gasteiger partial charge in [0, 0.05) is 38.6 Å². The number of hydrogen-bond donors (Lipinski definition) is 0. The third-order valence-electron chi connectivity index (χ3n) is 4.79. The van der Waals surface area contributed by atoms with Crippen molar-refractivity contribution < 1.29 is 4.79 Å². The molecule has 0 unspecified atom stereocenters. The van der Waals surface area contributed by atoms with Crippen LogP contribution in [0.5, 0.6) is 0 Å². The Kier molecular flexibility index (Phi) is 5.58. The molecule has 0 radical (unpaired) electrons. The van der Waals surface area contributed by atoms with Gasteiger partial charge >= 0.3 is 0 Å². The second kappa shape index (κ2) is 8.05. The van der Waals surface area contributed by atoms with Crippen LogP contribution in [0.4, 0.5) is 0 Å². The second-order valence-corrected chi connectivity index (χ2v) is 6.73. The van der Waals surface area contributed by atoms with E-state index in [1.165, 1.54) is 48.9 Å². The fourth-order valence-corrected chi connectivity index (χ4v) is 3.39. The predicted octanol–water partition coefficient (Wildman–Crippen LogP) is 2.40. The van der Waals surface area contributed by atoms with Gasteiger partial charge in [-0.2, -0.15) is 5.10 Å². The van der Waals surface area contributed by atoms with E-state index in [1.54, 1.807) is 19.4 Å². The summed E-state index contributed by atoms with van der Waals surface area (Å²) >= 11 is 0. The highest BCUT2D eigenvalue weighted by Crippen LogP contribution is 2.25. The van der Waals surface area contributed by atoms with Crippen LogP contribution in [0.3, 0.4) is 0 Å². The normalized spacial score (nSPS) is 15.1. The van der Waals surface area contributed by atoms with Gasteiger partial charge in [-0.25, -0.2) is 4.68 Å².